The largest absolute Gasteiger partial charge is 0.416 e. The third-order valence-corrected chi connectivity index (χ3v) is 5.11. The van der Waals surface area contributed by atoms with Crippen molar-refractivity contribution in [3.05, 3.63) is 75.3 Å². The summed E-state index contributed by atoms with van der Waals surface area (Å²) in [5.41, 5.74) is 0.518. The molecule has 2 aromatic rings. The maximum absolute atomic E-state index is 12.9. The van der Waals surface area contributed by atoms with Crippen LogP contribution < -0.4 is 5.32 Å². The number of ether oxygens (including phenoxy) is 1. The van der Waals surface area contributed by atoms with Gasteiger partial charge in [-0.3, -0.25) is 19.8 Å². The lowest BCUT2D eigenvalue weighted by atomic mass is 10.0. The molecule has 1 fully saturated rings. The first-order valence-electron chi connectivity index (χ1n) is 9.73. The maximum atomic E-state index is 12.9. The van der Waals surface area contributed by atoms with Gasteiger partial charge in [-0.05, 0) is 23.3 Å². The monoisotopic (exact) mass is 437 g/mol. The number of carbonyl (C=O) groups is 1. The molecule has 1 atom stereocenters. The van der Waals surface area contributed by atoms with Crippen molar-refractivity contribution in [1.82, 2.24) is 10.2 Å². The number of nitro groups is 1. The third-order valence-electron chi connectivity index (χ3n) is 5.11. The molecule has 1 saturated heterocycles. The van der Waals surface area contributed by atoms with E-state index in [-0.39, 0.29) is 30.6 Å². The predicted octanol–water partition coefficient (Wildman–Crippen LogP) is 3.35. The van der Waals surface area contributed by atoms with Crippen molar-refractivity contribution in [2.24, 2.45) is 0 Å². The Labute approximate surface area is 177 Å². The average Bonchev–Trinajstić information content (AvgIpc) is 2.75. The van der Waals surface area contributed by atoms with E-state index in [2.05, 4.69) is 10.2 Å². The second kappa shape index (κ2) is 9.88. The Morgan fingerprint density at radius 3 is 2.26 bits per heavy atom. The molecule has 166 valence electrons. The number of hydrogen-bond donors (Lipinski definition) is 1. The molecule has 1 N–H and O–H groups in total. The van der Waals surface area contributed by atoms with Crippen LogP contribution in [0.3, 0.4) is 0 Å². The van der Waals surface area contributed by atoms with Crippen LogP contribution in [0.4, 0.5) is 18.9 Å². The molecule has 2 aromatic carbocycles. The molecule has 0 aromatic heterocycles. The van der Waals surface area contributed by atoms with Gasteiger partial charge >= 0.3 is 6.18 Å². The Kier molecular flexibility index (Phi) is 7.24. The minimum absolute atomic E-state index is 0.0425. The van der Waals surface area contributed by atoms with Gasteiger partial charge < -0.3 is 10.1 Å². The van der Waals surface area contributed by atoms with Gasteiger partial charge in [-0.15, -0.1) is 0 Å². The molecule has 3 rings (SSSR count). The molecule has 1 aliphatic heterocycles. The lowest BCUT2D eigenvalue weighted by molar-refractivity contribution is -0.384. The van der Waals surface area contributed by atoms with E-state index in [1.165, 1.54) is 36.4 Å². The van der Waals surface area contributed by atoms with E-state index < -0.39 is 16.7 Å². The number of benzene rings is 2. The van der Waals surface area contributed by atoms with Crippen LogP contribution >= 0.6 is 0 Å². The zero-order valence-corrected chi connectivity index (χ0v) is 16.6. The Hall–Kier alpha value is -2.98. The molecule has 0 radical (unpaired) electrons. The van der Waals surface area contributed by atoms with Gasteiger partial charge in [0.15, 0.2) is 0 Å². The highest BCUT2D eigenvalue weighted by Crippen LogP contribution is 2.31. The number of nitrogens with zero attached hydrogens (tertiary/aromatic N) is 2. The number of carbonyl (C=O) groups excluding carboxylic acids is 1. The minimum atomic E-state index is -4.41. The molecule has 31 heavy (non-hydrogen) atoms. The Morgan fingerprint density at radius 2 is 1.71 bits per heavy atom. The summed E-state index contributed by atoms with van der Waals surface area (Å²) in [7, 11) is 0. The summed E-state index contributed by atoms with van der Waals surface area (Å²) >= 11 is 0. The molecule has 0 aliphatic carbocycles. The van der Waals surface area contributed by atoms with E-state index in [9.17, 15) is 28.1 Å². The van der Waals surface area contributed by atoms with Gasteiger partial charge in [-0.2, -0.15) is 13.2 Å². The van der Waals surface area contributed by atoms with Crippen molar-refractivity contribution in [2.75, 3.05) is 32.8 Å². The summed E-state index contributed by atoms with van der Waals surface area (Å²) < 4.78 is 44.0. The van der Waals surface area contributed by atoms with E-state index in [1.807, 2.05) is 0 Å². The van der Waals surface area contributed by atoms with Crippen LogP contribution in [0.15, 0.2) is 48.5 Å². The fourth-order valence-electron chi connectivity index (χ4n) is 3.44. The van der Waals surface area contributed by atoms with Gasteiger partial charge in [-0.25, -0.2) is 0 Å². The number of amides is 1. The minimum Gasteiger partial charge on any atom is -0.379 e. The molecule has 10 heteroatoms. The first kappa shape index (κ1) is 22.7. The molecule has 1 aliphatic rings. The van der Waals surface area contributed by atoms with Crippen LogP contribution in [-0.4, -0.2) is 48.6 Å². The normalized spacial score (nSPS) is 16.0. The summed E-state index contributed by atoms with van der Waals surface area (Å²) in [5, 5.41) is 13.6. The van der Waals surface area contributed by atoms with E-state index in [0.717, 1.165) is 12.1 Å². The first-order chi connectivity index (χ1) is 14.7. The molecular weight excluding hydrogens is 415 g/mol. The number of alkyl halides is 3. The zero-order valence-electron chi connectivity index (χ0n) is 16.6. The highest BCUT2D eigenvalue weighted by Gasteiger charge is 2.31. The van der Waals surface area contributed by atoms with Gasteiger partial charge in [-0.1, -0.05) is 24.3 Å². The fraction of sp³-hybridized carbons (Fsp3) is 0.381. The van der Waals surface area contributed by atoms with Gasteiger partial charge in [0.25, 0.3) is 5.69 Å². The van der Waals surface area contributed by atoms with Crippen molar-refractivity contribution in [2.45, 2.75) is 18.6 Å². The third kappa shape index (κ3) is 6.25. The number of non-ortho nitro benzene ring substituents is 1. The number of nitro benzene ring substituents is 1. The number of morpholine rings is 1. The second-order valence-electron chi connectivity index (χ2n) is 7.19. The first-order valence-corrected chi connectivity index (χ1v) is 9.73. The molecule has 0 bridgehead atoms. The predicted molar refractivity (Wildman–Crippen MR) is 106 cm³/mol. The highest BCUT2D eigenvalue weighted by atomic mass is 19.4. The van der Waals surface area contributed by atoms with Crippen molar-refractivity contribution < 1.29 is 27.6 Å². The fourth-order valence-corrected chi connectivity index (χ4v) is 3.44. The summed E-state index contributed by atoms with van der Waals surface area (Å²) in [6, 6.07) is 10.4. The summed E-state index contributed by atoms with van der Waals surface area (Å²) in [4.78, 5) is 24.7. The SMILES string of the molecule is O=C(Cc1ccc([N+](=O)[O-])cc1)NCC(c1ccc(C(F)(F)F)cc1)N1CCOCC1. The van der Waals surface area contributed by atoms with E-state index in [0.29, 0.717) is 37.4 Å². The van der Waals surface area contributed by atoms with Crippen molar-refractivity contribution in [1.29, 1.82) is 0 Å². The van der Waals surface area contributed by atoms with Crippen molar-refractivity contribution >= 4 is 11.6 Å². The number of nitrogens with one attached hydrogen (secondary N) is 1. The molecule has 1 unspecified atom stereocenters. The van der Waals surface area contributed by atoms with Crippen LogP contribution in [-0.2, 0) is 22.1 Å². The van der Waals surface area contributed by atoms with E-state index in [1.54, 1.807) is 0 Å². The average molecular weight is 437 g/mol. The smallest absolute Gasteiger partial charge is 0.379 e. The zero-order chi connectivity index (χ0) is 22.4. The number of rotatable bonds is 7. The molecule has 1 amide bonds. The van der Waals surface area contributed by atoms with E-state index >= 15 is 0 Å². The Morgan fingerprint density at radius 1 is 1.10 bits per heavy atom. The topological polar surface area (TPSA) is 84.7 Å². The van der Waals surface area contributed by atoms with Crippen LogP contribution in [0, 0.1) is 10.1 Å². The van der Waals surface area contributed by atoms with Crippen LogP contribution in [0.25, 0.3) is 0 Å². The Balaban J connectivity index is 1.67. The quantitative estimate of drug-likeness (QED) is 0.531. The number of halogens is 3. The highest BCUT2D eigenvalue weighted by molar-refractivity contribution is 5.78. The van der Waals surface area contributed by atoms with Gasteiger partial charge in [0.05, 0.1) is 36.2 Å². The van der Waals surface area contributed by atoms with Gasteiger partial charge in [0.1, 0.15) is 0 Å². The molecule has 1 heterocycles. The van der Waals surface area contributed by atoms with Crippen molar-refractivity contribution in [3.8, 4) is 0 Å². The second-order valence-corrected chi connectivity index (χ2v) is 7.19. The Bertz CT molecular complexity index is 896. The van der Waals surface area contributed by atoms with Crippen molar-refractivity contribution in [3.63, 3.8) is 0 Å². The molecular formula is C21H22F3N3O4. The van der Waals surface area contributed by atoms with E-state index in [4.69, 9.17) is 4.74 Å². The van der Waals surface area contributed by atoms with Gasteiger partial charge in [0.2, 0.25) is 5.91 Å². The lowest BCUT2D eigenvalue weighted by Crippen LogP contribution is -2.44. The van der Waals surface area contributed by atoms with Crippen LogP contribution in [0.2, 0.25) is 0 Å². The summed E-state index contributed by atoms with van der Waals surface area (Å²) in [6.45, 7) is 2.44. The summed E-state index contributed by atoms with van der Waals surface area (Å²) in [5.74, 6) is -0.279. The lowest BCUT2D eigenvalue weighted by Gasteiger charge is -2.35. The molecule has 7 nitrogen and oxygen atoms in total. The van der Waals surface area contributed by atoms with Gasteiger partial charge in [0, 0.05) is 31.8 Å². The van der Waals surface area contributed by atoms with Crippen LogP contribution in [0.5, 0.6) is 0 Å². The van der Waals surface area contributed by atoms with Crippen LogP contribution in [0.1, 0.15) is 22.7 Å². The summed E-state index contributed by atoms with van der Waals surface area (Å²) in [6.07, 6.45) is -4.37. The number of hydrogen-bond acceptors (Lipinski definition) is 5. The molecule has 0 spiro atoms. The standard InChI is InChI=1S/C21H22F3N3O4/c22-21(23,24)17-5-3-16(4-6-17)19(26-9-11-31-12-10-26)14-25-20(28)13-15-1-7-18(8-2-15)27(29)30/h1-8,19H,9-14H2,(H,25,28). The molecule has 0 saturated carbocycles. The maximum Gasteiger partial charge on any atom is 0.416 e.